The zero-order valence-corrected chi connectivity index (χ0v) is 18.2. The molecule has 0 aliphatic carbocycles. The van der Waals surface area contributed by atoms with Crippen LogP contribution in [0.2, 0.25) is 0 Å². The Labute approximate surface area is 175 Å². The minimum absolute atomic E-state index is 0.108. The normalized spacial score (nSPS) is 11.6. The number of halogens is 1. The molecule has 6 heteroatoms. The Balaban J connectivity index is 2.10. The maximum Gasteiger partial charge on any atom is 0.261 e. The van der Waals surface area contributed by atoms with E-state index in [1.165, 1.54) is 0 Å². The third-order valence-corrected chi connectivity index (χ3v) is 5.50. The van der Waals surface area contributed by atoms with Gasteiger partial charge in [-0.15, -0.1) is 0 Å². The lowest BCUT2D eigenvalue weighted by Gasteiger charge is -2.30. The van der Waals surface area contributed by atoms with Crippen molar-refractivity contribution in [3.05, 3.63) is 64.1 Å². The quantitative estimate of drug-likeness (QED) is 0.638. The van der Waals surface area contributed by atoms with Gasteiger partial charge in [-0.05, 0) is 49.1 Å². The van der Waals surface area contributed by atoms with Crippen molar-refractivity contribution in [1.82, 2.24) is 10.2 Å². The number of hydrogen-bond donors (Lipinski definition) is 1. The van der Waals surface area contributed by atoms with Crippen molar-refractivity contribution >= 4 is 27.7 Å². The van der Waals surface area contributed by atoms with E-state index in [-0.39, 0.29) is 18.4 Å². The van der Waals surface area contributed by atoms with Gasteiger partial charge in [0, 0.05) is 18.1 Å². The molecule has 2 aromatic rings. The van der Waals surface area contributed by atoms with Crippen LogP contribution < -0.4 is 10.1 Å². The molecular formula is C22H27BrN2O3. The van der Waals surface area contributed by atoms with Crippen LogP contribution in [0.15, 0.2) is 53.0 Å². The first-order chi connectivity index (χ1) is 13.5. The molecule has 2 rings (SSSR count). The monoisotopic (exact) mass is 446 g/mol. The molecule has 0 aromatic heterocycles. The number of carbonyl (C=O) groups excluding carboxylic acids is 2. The lowest BCUT2D eigenvalue weighted by atomic mass is 10.1. The molecule has 0 aliphatic heterocycles. The zero-order chi connectivity index (χ0) is 20.5. The Morgan fingerprint density at radius 1 is 1.18 bits per heavy atom. The molecule has 0 saturated carbocycles. The van der Waals surface area contributed by atoms with Gasteiger partial charge in [0.2, 0.25) is 5.91 Å². The molecular weight excluding hydrogens is 420 g/mol. The Kier molecular flexibility index (Phi) is 8.51. The van der Waals surface area contributed by atoms with Crippen LogP contribution in [0.5, 0.6) is 5.75 Å². The molecule has 0 heterocycles. The van der Waals surface area contributed by atoms with E-state index in [9.17, 15) is 9.59 Å². The molecule has 0 fully saturated rings. The van der Waals surface area contributed by atoms with Gasteiger partial charge in [0.05, 0.1) is 0 Å². The third kappa shape index (κ3) is 6.09. The van der Waals surface area contributed by atoms with Gasteiger partial charge >= 0.3 is 0 Å². The molecule has 0 radical (unpaired) electrons. The molecule has 0 saturated heterocycles. The van der Waals surface area contributed by atoms with Gasteiger partial charge in [0.1, 0.15) is 11.8 Å². The summed E-state index contributed by atoms with van der Waals surface area (Å²) < 4.78 is 6.69. The van der Waals surface area contributed by atoms with Gasteiger partial charge in [0.25, 0.3) is 5.91 Å². The number of nitrogens with one attached hydrogen (secondary N) is 1. The minimum atomic E-state index is -0.517. The van der Waals surface area contributed by atoms with Crippen molar-refractivity contribution < 1.29 is 14.3 Å². The molecule has 0 aliphatic rings. The van der Waals surface area contributed by atoms with E-state index >= 15 is 0 Å². The van der Waals surface area contributed by atoms with E-state index in [4.69, 9.17) is 4.74 Å². The van der Waals surface area contributed by atoms with Crippen LogP contribution in [0.25, 0.3) is 0 Å². The van der Waals surface area contributed by atoms with Gasteiger partial charge in [-0.2, -0.15) is 0 Å². The van der Waals surface area contributed by atoms with E-state index in [1.54, 1.807) is 11.9 Å². The van der Waals surface area contributed by atoms with Gasteiger partial charge in [-0.1, -0.05) is 53.2 Å². The molecule has 2 aromatic carbocycles. The molecule has 0 bridgehead atoms. The van der Waals surface area contributed by atoms with E-state index in [0.29, 0.717) is 25.1 Å². The highest BCUT2D eigenvalue weighted by molar-refractivity contribution is 9.10. The molecule has 5 nitrogen and oxygen atoms in total. The highest BCUT2D eigenvalue weighted by Gasteiger charge is 2.27. The van der Waals surface area contributed by atoms with Crippen LogP contribution in [-0.2, 0) is 16.0 Å². The second-order valence-corrected chi connectivity index (χ2v) is 7.42. The Morgan fingerprint density at radius 3 is 2.50 bits per heavy atom. The summed E-state index contributed by atoms with van der Waals surface area (Å²) in [6.07, 6.45) is 1.22. The lowest BCUT2D eigenvalue weighted by molar-refractivity contribution is -0.142. The Morgan fingerprint density at radius 2 is 1.89 bits per heavy atom. The van der Waals surface area contributed by atoms with Gasteiger partial charge in [0.15, 0.2) is 6.61 Å². The molecule has 1 atom stereocenters. The van der Waals surface area contributed by atoms with Crippen LogP contribution in [0.1, 0.15) is 24.5 Å². The van der Waals surface area contributed by atoms with Crippen LogP contribution in [-0.4, -0.2) is 43.0 Å². The number of likely N-dealkylation sites (N-methyl/N-ethyl adjacent to an activating group) is 1. The summed E-state index contributed by atoms with van der Waals surface area (Å²) >= 11 is 3.45. The van der Waals surface area contributed by atoms with E-state index in [2.05, 4.69) is 21.2 Å². The second-order valence-electron chi connectivity index (χ2n) is 6.56. The topological polar surface area (TPSA) is 58.6 Å². The summed E-state index contributed by atoms with van der Waals surface area (Å²) in [6, 6.07) is 15.0. The van der Waals surface area contributed by atoms with Crippen LogP contribution in [0, 0.1) is 6.92 Å². The van der Waals surface area contributed by atoms with Crippen LogP contribution in [0.3, 0.4) is 0 Å². The number of amides is 2. The fourth-order valence-electron chi connectivity index (χ4n) is 3.00. The van der Waals surface area contributed by atoms with E-state index in [1.807, 2.05) is 62.4 Å². The number of carbonyl (C=O) groups is 2. The number of ether oxygens (including phenoxy) is 1. The maximum atomic E-state index is 12.9. The van der Waals surface area contributed by atoms with Crippen molar-refractivity contribution in [3.8, 4) is 5.75 Å². The number of aryl methyl sites for hydroxylation is 1. The fourth-order valence-corrected chi connectivity index (χ4v) is 3.24. The zero-order valence-electron chi connectivity index (χ0n) is 16.6. The predicted octanol–water partition coefficient (Wildman–Crippen LogP) is 3.73. The van der Waals surface area contributed by atoms with Crippen LogP contribution in [0.4, 0.5) is 0 Å². The first-order valence-electron chi connectivity index (χ1n) is 9.40. The van der Waals surface area contributed by atoms with Crippen molar-refractivity contribution in [3.63, 3.8) is 0 Å². The summed E-state index contributed by atoms with van der Waals surface area (Å²) in [6.45, 7) is 4.21. The van der Waals surface area contributed by atoms with Crippen molar-refractivity contribution in [2.75, 3.05) is 20.2 Å². The highest BCUT2D eigenvalue weighted by atomic mass is 79.9. The first kappa shape index (κ1) is 22.0. The summed E-state index contributed by atoms with van der Waals surface area (Å²) in [4.78, 5) is 26.9. The van der Waals surface area contributed by atoms with Gasteiger partial charge < -0.3 is 15.0 Å². The lowest BCUT2D eigenvalue weighted by Crippen LogP contribution is -2.50. The summed E-state index contributed by atoms with van der Waals surface area (Å²) in [5, 5.41) is 2.66. The summed E-state index contributed by atoms with van der Waals surface area (Å²) in [5.74, 6) is 0.264. The molecule has 1 unspecified atom stereocenters. The third-order valence-electron chi connectivity index (χ3n) is 4.61. The first-order valence-corrected chi connectivity index (χ1v) is 10.2. The second kappa shape index (κ2) is 10.9. The molecule has 28 heavy (non-hydrogen) atoms. The molecule has 0 spiro atoms. The Hall–Kier alpha value is -2.34. The smallest absolute Gasteiger partial charge is 0.261 e. The van der Waals surface area contributed by atoms with E-state index in [0.717, 1.165) is 15.6 Å². The number of hydrogen-bond acceptors (Lipinski definition) is 3. The maximum absolute atomic E-state index is 12.9. The molecule has 1 N–H and O–H groups in total. The minimum Gasteiger partial charge on any atom is -0.484 e. The van der Waals surface area contributed by atoms with Crippen molar-refractivity contribution in [1.29, 1.82) is 0 Å². The van der Waals surface area contributed by atoms with Gasteiger partial charge in [-0.25, -0.2) is 0 Å². The Bertz CT molecular complexity index is 796. The fraction of sp³-hybridized carbons (Fsp3) is 0.364. The van der Waals surface area contributed by atoms with Gasteiger partial charge in [-0.3, -0.25) is 9.59 Å². The van der Waals surface area contributed by atoms with E-state index < -0.39 is 6.04 Å². The molecule has 150 valence electrons. The largest absolute Gasteiger partial charge is 0.484 e. The average Bonchev–Trinajstić information content (AvgIpc) is 2.72. The van der Waals surface area contributed by atoms with Crippen LogP contribution >= 0.6 is 15.9 Å². The SMILES string of the molecule is CCC(C(=O)NC)N(CCc1ccccc1)C(=O)COc1ccc(Br)c(C)c1. The van der Waals surface area contributed by atoms with Crippen molar-refractivity contribution in [2.45, 2.75) is 32.7 Å². The number of rotatable bonds is 9. The molecule has 2 amide bonds. The summed E-state index contributed by atoms with van der Waals surface area (Å²) in [7, 11) is 1.59. The standard InChI is InChI=1S/C22H27BrN2O3/c1-4-20(22(27)24-3)25(13-12-17-8-6-5-7-9-17)21(26)15-28-18-10-11-19(23)16(2)14-18/h5-11,14,20H,4,12-13,15H2,1-3H3,(H,24,27). The average molecular weight is 447 g/mol. The highest BCUT2D eigenvalue weighted by Crippen LogP contribution is 2.21. The summed E-state index contributed by atoms with van der Waals surface area (Å²) in [5.41, 5.74) is 2.15. The number of benzene rings is 2. The van der Waals surface area contributed by atoms with Crippen molar-refractivity contribution in [2.24, 2.45) is 0 Å². The predicted molar refractivity (Wildman–Crippen MR) is 114 cm³/mol. The number of nitrogens with zero attached hydrogens (tertiary/aromatic N) is 1.